The lowest BCUT2D eigenvalue weighted by Crippen LogP contribution is -2.37. The van der Waals surface area contributed by atoms with Crippen LogP contribution < -0.4 is 4.90 Å². The SMILES string of the molecule is Cc1cnc2c(c1)N(C)C(C)(C)C2. The Kier molecular flexibility index (Phi) is 1.62. The van der Waals surface area contributed by atoms with E-state index in [-0.39, 0.29) is 5.54 Å². The lowest BCUT2D eigenvalue weighted by atomic mass is 10.0. The predicted molar refractivity (Wildman–Crippen MR) is 55.2 cm³/mol. The second-order valence-corrected chi connectivity index (χ2v) is 4.53. The van der Waals surface area contributed by atoms with Gasteiger partial charge in [-0.15, -0.1) is 0 Å². The molecule has 0 saturated carbocycles. The van der Waals surface area contributed by atoms with Gasteiger partial charge in [0.25, 0.3) is 0 Å². The first-order valence-corrected chi connectivity index (χ1v) is 4.70. The van der Waals surface area contributed by atoms with E-state index >= 15 is 0 Å². The van der Waals surface area contributed by atoms with E-state index in [1.807, 2.05) is 6.20 Å². The normalized spacial score (nSPS) is 18.9. The quantitative estimate of drug-likeness (QED) is 0.602. The summed E-state index contributed by atoms with van der Waals surface area (Å²) in [5, 5.41) is 0. The number of pyridine rings is 1. The Bertz CT molecular complexity index is 342. The van der Waals surface area contributed by atoms with Crippen molar-refractivity contribution < 1.29 is 0 Å². The van der Waals surface area contributed by atoms with Gasteiger partial charge < -0.3 is 4.90 Å². The second-order valence-electron chi connectivity index (χ2n) is 4.53. The molecule has 0 atom stereocenters. The van der Waals surface area contributed by atoms with E-state index in [0.717, 1.165) is 6.42 Å². The Morgan fingerprint density at radius 2 is 2.15 bits per heavy atom. The molecule has 1 aliphatic heterocycles. The lowest BCUT2D eigenvalue weighted by Gasteiger charge is -2.29. The average molecular weight is 176 g/mol. The van der Waals surface area contributed by atoms with E-state index < -0.39 is 0 Å². The minimum absolute atomic E-state index is 0.225. The lowest BCUT2D eigenvalue weighted by molar-refractivity contribution is 0.513. The summed E-state index contributed by atoms with van der Waals surface area (Å²) in [7, 11) is 2.15. The number of anilines is 1. The van der Waals surface area contributed by atoms with Crippen molar-refractivity contribution in [1.29, 1.82) is 0 Å². The molecule has 0 fully saturated rings. The smallest absolute Gasteiger partial charge is 0.0660 e. The molecule has 13 heavy (non-hydrogen) atoms. The highest BCUT2D eigenvalue weighted by molar-refractivity contribution is 5.58. The third-order valence-corrected chi connectivity index (χ3v) is 2.95. The molecule has 1 aromatic rings. The van der Waals surface area contributed by atoms with Gasteiger partial charge in [0.2, 0.25) is 0 Å². The van der Waals surface area contributed by atoms with Crippen molar-refractivity contribution in [2.45, 2.75) is 32.7 Å². The molecule has 2 nitrogen and oxygen atoms in total. The van der Waals surface area contributed by atoms with Crippen LogP contribution >= 0.6 is 0 Å². The summed E-state index contributed by atoms with van der Waals surface area (Å²) in [6, 6.07) is 2.22. The first kappa shape index (κ1) is 8.54. The van der Waals surface area contributed by atoms with E-state index in [4.69, 9.17) is 0 Å². The second kappa shape index (κ2) is 2.47. The van der Waals surface area contributed by atoms with Crippen LogP contribution in [0.15, 0.2) is 12.3 Å². The van der Waals surface area contributed by atoms with Crippen molar-refractivity contribution in [2.24, 2.45) is 0 Å². The van der Waals surface area contributed by atoms with Gasteiger partial charge in [0.1, 0.15) is 0 Å². The Morgan fingerprint density at radius 3 is 2.85 bits per heavy atom. The van der Waals surface area contributed by atoms with Gasteiger partial charge in [0.05, 0.1) is 11.4 Å². The highest BCUT2D eigenvalue weighted by Gasteiger charge is 2.33. The summed E-state index contributed by atoms with van der Waals surface area (Å²) in [4.78, 5) is 6.78. The molecule has 0 saturated heterocycles. The standard InChI is InChI=1S/C11H16N2/c1-8-5-10-9(12-7-8)6-11(2,3)13(10)4/h5,7H,6H2,1-4H3. The highest BCUT2D eigenvalue weighted by Crippen LogP contribution is 2.35. The molecule has 0 radical (unpaired) electrons. The third kappa shape index (κ3) is 1.21. The first-order valence-electron chi connectivity index (χ1n) is 4.70. The van der Waals surface area contributed by atoms with E-state index in [9.17, 15) is 0 Å². The maximum Gasteiger partial charge on any atom is 0.0660 e. The Balaban J connectivity index is 2.51. The van der Waals surface area contributed by atoms with Gasteiger partial charge in [-0.3, -0.25) is 4.98 Å². The molecule has 2 heterocycles. The number of rotatable bonds is 0. The van der Waals surface area contributed by atoms with Crippen LogP contribution in [0.25, 0.3) is 0 Å². The number of likely N-dealkylation sites (N-methyl/N-ethyl adjacent to an activating group) is 1. The van der Waals surface area contributed by atoms with Gasteiger partial charge in [-0.05, 0) is 32.4 Å². The molecule has 0 amide bonds. The summed E-state index contributed by atoms with van der Waals surface area (Å²) in [6.07, 6.45) is 3.01. The van der Waals surface area contributed by atoms with Crippen LogP contribution in [0.1, 0.15) is 25.1 Å². The summed E-state index contributed by atoms with van der Waals surface area (Å²) in [5.74, 6) is 0. The number of hydrogen-bond donors (Lipinski definition) is 0. The maximum atomic E-state index is 4.46. The van der Waals surface area contributed by atoms with Crippen LogP contribution in [0.4, 0.5) is 5.69 Å². The van der Waals surface area contributed by atoms with Crippen LogP contribution in [0.5, 0.6) is 0 Å². The van der Waals surface area contributed by atoms with E-state index in [2.05, 4.69) is 43.8 Å². The van der Waals surface area contributed by atoms with Crippen molar-refractivity contribution in [3.63, 3.8) is 0 Å². The Morgan fingerprint density at radius 1 is 1.46 bits per heavy atom. The molecule has 2 heteroatoms. The molecule has 1 aliphatic rings. The molecule has 2 rings (SSSR count). The van der Waals surface area contributed by atoms with Crippen LogP contribution in [-0.2, 0) is 6.42 Å². The zero-order chi connectivity index (χ0) is 9.64. The molecule has 0 unspecified atom stereocenters. The topological polar surface area (TPSA) is 16.1 Å². The minimum atomic E-state index is 0.225. The van der Waals surface area contributed by atoms with Gasteiger partial charge in [-0.25, -0.2) is 0 Å². The van der Waals surface area contributed by atoms with Gasteiger partial charge in [-0.2, -0.15) is 0 Å². The highest BCUT2D eigenvalue weighted by atomic mass is 15.2. The summed E-state index contributed by atoms with van der Waals surface area (Å²) >= 11 is 0. The number of nitrogens with zero attached hydrogens (tertiary/aromatic N) is 2. The van der Waals surface area contributed by atoms with Gasteiger partial charge >= 0.3 is 0 Å². The predicted octanol–water partition coefficient (Wildman–Crippen LogP) is 2.16. The molecular formula is C11H16N2. The number of aromatic nitrogens is 1. The van der Waals surface area contributed by atoms with E-state index in [1.165, 1.54) is 16.9 Å². The monoisotopic (exact) mass is 176 g/mol. The average Bonchev–Trinajstić information content (AvgIpc) is 2.26. The molecule has 70 valence electrons. The molecule has 0 bridgehead atoms. The first-order chi connectivity index (χ1) is 6.00. The van der Waals surface area contributed by atoms with Crippen molar-refractivity contribution in [3.05, 3.63) is 23.5 Å². The van der Waals surface area contributed by atoms with Crippen LogP contribution in [0, 0.1) is 6.92 Å². The Hall–Kier alpha value is -1.05. The number of hydrogen-bond acceptors (Lipinski definition) is 2. The zero-order valence-electron chi connectivity index (χ0n) is 8.76. The molecule has 0 aromatic carbocycles. The van der Waals surface area contributed by atoms with Gasteiger partial charge in [0, 0.05) is 25.2 Å². The maximum absolute atomic E-state index is 4.46. The largest absolute Gasteiger partial charge is 0.368 e. The number of aryl methyl sites for hydroxylation is 1. The van der Waals surface area contributed by atoms with Crippen molar-refractivity contribution >= 4 is 5.69 Å². The summed E-state index contributed by atoms with van der Waals surface area (Å²) < 4.78 is 0. The van der Waals surface area contributed by atoms with Crippen LogP contribution in [0.2, 0.25) is 0 Å². The van der Waals surface area contributed by atoms with E-state index in [0.29, 0.717) is 0 Å². The number of fused-ring (bicyclic) bond motifs is 1. The molecule has 0 aliphatic carbocycles. The van der Waals surface area contributed by atoms with E-state index in [1.54, 1.807) is 0 Å². The fourth-order valence-corrected chi connectivity index (χ4v) is 1.86. The molecule has 0 spiro atoms. The fourth-order valence-electron chi connectivity index (χ4n) is 1.86. The van der Waals surface area contributed by atoms with Crippen molar-refractivity contribution in [3.8, 4) is 0 Å². The molecule has 1 aromatic heterocycles. The molecular weight excluding hydrogens is 160 g/mol. The summed E-state index contributed by atoms with van der Waals surface area (Å²) in [6.45, 7) is 6.60. The summed E-state index contributed by atoms with van der Waals surface area (Å²) in [5.41, 5.74) is 4.00. The minimum Gasteiger partial charge on any atom is -0.368 e. The third-order valence-electron chi connectivity index (χ3n) is 2.95. The van der Waals surface area contributed by atoms with Gasteiger partial charge in [-0.1, -0.05) is 0 Å². The fraction of sp³-hybridized carbons (Fsp3) is 0.545. The molecule has 0 N–H and O–H groups in total. The Labute approximate surface area is 79.6 Å². The van der Waals surface area contributed by atoms with Crippen molar-refractivity contribution in [2.75, 3.05) is 11.9 Å². The van der Waals surface area contributed by atoms with Gasteiger partial charge in [0.15, 0.2) is 0 Å². The van der Waals surface area contributed by atoms with Crippen molar-refractivity contribution in [1.82, 2.24) is 4.98 Å². The zero-order valence-corrected chi connectivity index (χ0v) is 8.76. The van der Waals surface area contributed by atoms with Crippen LogP contribution in [-0.4, -0.2) is 17.6 Å². The van der Waals surface area contributed by atoms with Crippen LogP contribution in [0.3, 0.4) is 0 Å².